The lowest BCUT2D eigenvalue weighted by atomic mass is 10.1. The molecule has 134 valence electrons. The summed E-state index contributed by atoms with van der Waals surface area (Å²) < 4.78 is 16.6. The first-order chi connectivity index (χ1) is 12.0. The zero-order chi connectivity index (χ0) is 18.2. The molecule has 0 aliphatic rings. The van der Waals surface area contributed by atoms with Crippen LogP contribution in [-0.4, -0.2) is 25.7 Å². The molecule has 0 unspecified atom stereocenters. The average Bonchev–Trinajstić information content (AvgIpc) is 2.55. The zero-order valence-corrected chi connectivity index (χ0v) is 15.2. The van der Waals surface area contributed by atoms with Gasteiger partial charge in [-0.15, -0.1) is 0 Å². The van der Waals surface area contributed by atoms with Crippen LogP contribution in [0.25, 0.3) is 0 Å². The molecule has 5 heteroatoms. The Balaban J connectivity index is 2.04. The fraction of sp³-hybridized carbons (Fsp3) is 0.350. The van der Waals surface area contributed by atoms with Crippen LogP contribution in [-0.2, 0) is 4.79 Å². The lowest BCUT2D eigenvalue weighted by Gasteiger charge is -2.14. The maximum absolute atomic E-state index is 12.2. The van der Waals surface area contributed by atoms with Crippen molar-refractivity contribution in [3.8, 4) is 17.2 Å². The highest BCUT2D eigenvalue weighted by Gasteiger charge is 2.11. The van der Waals surface area contributed by atoms with E-state index >= 15 is 0 Å². The quantitative estimate of drug-likeness (QED) is 0.783. The van der Waals surface area contributed by atoms with Crippen LogP contribution in [0, 0.1) is 13.8 Å². The van der Waals surface area contributed by atoms with Gasteiger partial charge in [0.2, 0.25) is 0 Å². The molecular weight excluding hydrogens is 318 g/mol. The summed E-state index contributed by atoms with van der Waals surface area (Å²) in [6.45, 7) is 8.78. The molecule has 25 heavy (non-hydrogen) atoms. The van der Waals surface area contributed by atoms with Crippen LogP contribution in [0.4, 0.5) is 5.69 Å². The van der Waals surface area contributed by atoms with Crippen LogP contribution >= 0.6 is 0 Å². The zero-order valence-electron chi connectivity index (χ0n) is 15.2. The van der Waals surface area contributed by atoms with Gasteiger partial charge in [-0.3, -0.25) is 4.79 Å². The van der Waals surface area contributed by atoms with Crippen molar-refractivity contribution in [2.45, 2.75) is 27.7 Å². The van der Waals surface area contributed by atoms with Crippen LogP contribution in [0.15, 0.2) is 36.4 Å². The first-order valence-electron chi connectivity index (χ1n) is 8.42. The molecule has 1 N–H and O–H groups in total. The first kappa shape index (κ1) is 18.6. The van der Waals surface area contributed by atoms with Gasteiger partial charge in [0.25, 0.3) is 5.91 Å². The van der Waals surface area contributed by atoms with E-state index in [9.17, 15) is 4.79 Å². The normalized spacial score (nSPS) is 10.2. The SMILES string of the molecule is CCOc1ccc(OCC)c(NC(=O)COc2cc(C)cc(C)c2)c1. The van der Waals surface area contributed by atoms with Crippen LogP contribution in [0.3, 0.4) is 0 Å². The molecule has 1 amide bonds. The number of rotatable bonds is 8. The minimum Gasteiger partial charge on any atom is -0.494 e. The fourth-order valence-electron chi connectivity index (χ4n) is 2.50. The summed E-state index contributed by atoms with van der Waals surface area (Å²) in [6.07, 6.45) is 0. The largest absolute Gasteiger partial charge is 0.494 e. The van der Waals surface area contributed by atoms with Gasteiger partial charge in [-0.1, -0.05) is 6.07 Å². The Hall–Kier alpha value is -2.69. The summed E-state index contributed by atoms with van der Waals surface area (Å²) in [5.41, 5.74) is 2.76. The molecule has 2 rings (SSSR count). The predicted molar refractivity (Wildman–Crippen MR) is 98.8 cm³/mol. The van der Waals surface area contributed by atoms with Gasteiger partial charge in [-0.05, 0) is 63.1 Å². The van der Waals surface area contributed by atoms with E-state index < -0.39 is 0 Å². The lowest BCUT2D eigenvalue weighted by molar-refractivity contribution is -0.118. The summed E-state index contributed by atoms with van der Waals surface area (Å²) in [5.74, 6) is 1.71. The van der Waals surface area contributed by atoms with Crippen molar-refractivity contribution in [3.05, 3.63) is 47.5 Å². The van der Waals surface area contributed by atoms with Crippen molar-refractivity contribution in [1.82, 2.24) is 0 Å². The van der Waals surface area contributed by atoms with Gasteiger partial charge in [-0.25, -0.2) is 0 Å². The van der Waals surface area contributed by atoms with Crippen molar-refractivity contribution < 1.29 is 19.0 Å². The summed E-state index contributed by atoms with van der Waals surface area (Å²) in [7, 11) is 0. The van der Waals surface area contributed by atoms with E-state index in [1.54, 1.807) is 12.1 Å². The monoisotopic (exact) mass is 343 g/mol. The summed E-state index contributed by atoms with van der Waals surface area (Å²) in [6, 6.07) is 11.2. The highest BCUT2D eigenvalue weighted by atomic mass is 16.5. The Morgan fingerprint density at radius 1 is 0.880 bits per heavy atom. The molecule has 0 aromatic heterocycles. The molecule has 0 atom stereocenters. The molecule has 0 aliphatic carbocycles. The van der Waals surface area contributed by atoms with Crippen LogP contribution < -0.4 is 19.5 Å². The number of nitrogens with one attached hydrogen (secondary N) is 1. The molecule has 0 radical (unpaired) electrons. The molecule has 0 saturated carbocycles. The van der Waals surface area contributed by atoms with Crippen molar-refractivity contribution in [2.75, 3.05) is 25.1 Å². The fourth-order valence-corrected chi connectivity index (χ4v) is 2.50. The molecule has 0 aliphatic heterocycles. The lowest BCUT2D eigenvalue weighted by Crippen LogP contribution is -2.20. The summed E-state index contributed by atoms with van der Waals surface area (Å²) >= 11 is 0. The topological polar surface area (TPSA) is 56.8 Å². The average molecular weight is 343 g/mol. The van der Waals surface area contributed by atoms with Gasteiger partial charge in [0, 0.05) is 6.07 Å². The van der Waals surface area contributed by atoms with Crippen molar-refractivity contribution in [3.63, 3.8) is 0 Å². The first-order valence-corrected chi connectivity index (χ1v) is 8.42. The number of ether oxygens (including phenoxy) is 3. The van der Waals surface area contributed by atoms with Gasteiger partial charge in [0.05, 0.1) is 18.9 Å². The molecule has 2 aromatic carbocycles. The van der Waals surface area contributed by atoms with E-state index in [0.717, 1.165) is 11.1 Å². The van der Waals surface area contributed by atoms with Crippen molar-refractivity contribution in [1.29, 1.82) is 0 Å². The molecular formula is C20H25NO4. The Labute approximate surface area is 148 Å². The second kappa shape index (κ2) is 8.97. The number of anilines is 1. The smallest absolute Gasteiger partial charge is 0.262 e. The number of amides is 1. The Bertz CT molecular complexity index is 707. The van der Waals surface area contributed by atoms with E-state index in [2.05, 4.69) is 11.4 Å². The maximum atomic E-state index is 12.2. The van der Waals surface area contributed by atoms with Crippen molar-refractivity contribution >= 4 is 11.6 Å². The molecule has 0 saturated heterocycles. The van der Waals surface area contributed by atoms with Gasteiger partial charge < -0.3 is 19.5 Å². The van der Waals surface area contributed by atoms with Crippen LogP contribution in [0.2, 0.25) is 0 Å². The molecule has 0 bridgehead atoms. The highest BCUT2D eigenvalue weighted by Crippen LogP contribution is 2.29. The second-order valence-electron chi connectivity index (χ2n) is 5.68. The summed E-state index contributed by atoms with van der Waals surface area (Å²) in [5, 5.41) is 2.82. The second-order valence-corrected chi connectivity index (χ2v) is 5.68. The third-order valence-electron chi connectivity index (χ3n) is 3.40. The maximum Gasteiger partial charge on any atom is 0.262 e. The Morgan fingerprint density at radius 2 is 1.56 bits per heavy atom. The molecule has 0 fully saturated rings. The number of aryl methyl sites for hydroxylation is 2. The van der Waals surface area contributed by atoms with Crippen LogP contribution in [0.5, 0.6) is 17.2 Å². The number of benzene rings is 2. The van der Waals surface area contributed by atoms with E-state index in [1.807, 2.05) is 45.9 Å². The molecule has 2 aromatic rings. The number of carbonyl (C=O) groups excluding carboxylic acids is 1. The predicted octanol–water partition coefficient (Wildman–Crippen LogP) is 4.12. The molecule has 0 spiro atoms. The van der Waals surface area contributed by atoms with Crippen LogP contribution in [0.1, 0.15) is 25.0 Å². The number of hydrogen-bond acceptors (Lipinski definition) is 4. The third-order valence-corrected chi connectivity index (χ3v) is 3.40. The van der Waals surface area contributed by atoms with Crippen molar-refractivity contribution in [2.24, 2.45) is 0 Å². The number of hydrogen-bond donors (Lipinski definition) is 1. The number of carbonyl (C=O) groups is 1. The minimum atomic E-state index is -0.256. The standard InChI is InChI=1S/C20H25NO4/c1-5-23-16-7-8-19(24-6-2)18(12-16)21-20(22)13-25-17-10-14(3)9-15(4)11-17/h7-12H,5-6,13H2,1-4H3,(H,21,22). The van der Waals surface area contributed by atoms with Gasteiger partial charge in [0.1, 0.15) is 17.2 Å². The van der Waals surface area contributed by atoms with Gasteiger partial charge in [0.15, 0.2) is 6.61 Å². The van der Waals surface area contributed by atoms with Gasteiger partial charge in [-0.2, -0.15) is 0 Å². The van der Waals surface area contributed by atoms with E-state index in [1.165, 1.54) is 0 Å². The van der Waals surface area contributed by atoms with Gasteiger partial charge >= 0.3 is 0 Å². The third kappa shape index (κ3) is 5.71. The summed E-state index contributed by atoms with van der Waals surface area (Å²) in [4.78, 5) is 12.2. The Kier molecular flexibility index (Phi) is 6.69. The van der Waals surface area contributed by atoms with E-state index in [4.69, 9.17) is 14.2 Å². The van der Waals surface area contributed by atoms with E-state index in [0.29, 0.717) is 36.1 Å². The minimum absolute atomic E-state index is 0.0761. The molecule has 5 nitrogen and oxygen atoms in total. The Morgan fingerprint density at radius 3 is 2.20 bits per heavy atom. The molecule has 0 heterocycles. The highest BCUT2D eigenvalue weighted by molar-refractivity contribution is 5.93. The van der Waals surface area contributed by atoms with E-state index in [-0.39, 0.29) is 12.5 Å².